The van der Waals surface area contributed by atoms with Crippen LogP contribution >= 0.6 is 11.8 Å². The minimum Gasteiger partial charge on any atom is -0.478 e. The monoisotopic (exact) mass is 253 g/mol. The van der Waals surface area contributed by atoms with E-state index in [9.17, 15) is 4.79 Å². The Hall–Kier alpha value is -1.16. The van der Waals surface area contributed by atoms with E-state index in [-0.39, 0.29) is 0 Å². The van der Waals surface area contributed by atoms with Crippen molar-refractivity contribution in [3.8, 4) is 0 Å². The van der Waals surface area contributed by atoms with Gasteiger partial charge in [0, 0.05) is 11.8 Å². The van der Waals surface area contributed by atoms with Gasteiger partial charge >= 0.3 is 5.97 Å². The number of aryl methyl sites for hydroxylation is 1. The third-order valence-corrected chi connectivity index (χ3v) is 3.45. The predicted molar refractivity (Wildman–Crippen MR) is 74.2 cm³/mol. The lowest BCUT2D eigenvalue weighted by molar-refractivity contribution is 0.0698. The number of rotatable bonds is 6. The van der Waals surface area contributed by atoms with E-state index in [0.29, 0.717) is 11.6 Å². The number of anilines is 1. The quantitative estimate of drug-likeness (QED) is 0.817. The molecule has 0 aliphatic carbocycles. The lowest BCUT2D eigenvalue weighted by Crippen LogP contribution is -2.23. The predicted octanol–water partition coefficient (Wildman–Crippen LogP) is 3.25. The van der Waals surface area contributed by atoms with E-state index in [0.717, 1.165) is 23.4 Å². The molecule has 0 saturated heterocycles. The van der Waals surface area contributed by atoms with Crippen LogP contribution in [0.3, 0.4) is 0 Å². The van der Waals surface area contributed by atoms with Crippen LogP contribution in [0.1, 0.15) is 29.3 Å². The zero-order valence-corrected chi connectivity index (χ0v) is 11.3. The maximum Gasteiger partial charge on any atom is 0.337 e. The SMILES string of the molecule is CCC(CSC)Nc1c(C)cccc1C(=O)O. The van der Waals surface area contributed by atoms with E-state index in [1.807, 2.05) is 13.0 Å². The number of carbonyl (C=O) groups is 1. The number of para-hydroxylation sites is 1. The van der Waals surface area contributed by atoms with Crippen molar-refractivity contribution in [2.45, 2.75) is 26.3 Å². The van der Waals surface area contributed by atoms with E-state index >= 15 is 0 Å². The number of aromatic carboxylic acids is 1. The molecule has 2 N–H and O–H groups in total. The Bertz CT molecular complexity index is 393. The van der Waals surface area contributed by atoms with Gasteiger partial charge in [-0.15, -0.1) is 0 Å². The zero-order valence-electron chi connectivity index (χ0n) is 10.5. The third-order valence-electron chi connectivity index (χ3n) is 2.71. The van der Waals surface area contributed by atoms with Gasteiger partial charge < -0.3 is 10.4 Å². The number of hydrogen-bond acceptors (Lipinski definition) is 3. The molecule has 17 heavy (non-hydrogen) atoms. The molecule has 0 saturated carbocycles. The van der Waals surface area contributed by atoms with Gasteiger partial charge in [-0.25, -0.2) is 4.79 Å². The van der Waals surface area contributed by atoms with Crippen molar-refractivity contribution >= 4 is 23.4 Å². The van der Waals surface area contributed by atoms with Gasteiger partial charge in [0.15, 0.2) is 0 Å². The molecule has 0 spiro atoms. The molecule has 94 valence electrons. The molecule has 1 atom stereocenters. The maximum absolute atomic E-state index is 11.2. The first-order valence-corrected chi connectivity index (χ1v) is 7.07. The van der Waals surface area contributed by atoms with Crippen LogP contribution in [0.25, 0.3) is 0 Å². The summed E-state index contributed by atoms with van der Waals surface area (Å²) in [5.74, 6) is 0.0966. The third kappa shape index (κ3) is 3.66. The average molecular weight is 253 g/mol. The maximum atomic E-state index is 11.2. The molecular formula is C13H19NO2S. The standard InChI is InChI=1S/C13H19NO2S/c1-4-10(8-17-3)14-12-9(2)6-5-7-11(12)13(15)16/h5-7,10,14H,4,8H2,1-3H3,(H,15,16). The van der Waals surface area contributed by atoms with Crippen LogP contribution in [0.15, 0.2) is 18.2 Å². The molecule has 1 unspecified atom stereocenters. The first-order valence-electron chi connectivity index (χ1n) is 5.68. The fraction of sp³-hybridized carbons (Fsp3) is 0.462. The highest BCUT2D eigenvalue weighted by Crippen LogP contribution is 2.22. The summed E-state index contributed by atoms with van der Waals surface area (Å²) in [5, 5.41) is 12.5. The van der Waals surface area contributed by atoms with Crippen molar-refractivity contribution in [1.29, 1.82) is 0 Å². The molecule has 1 rings (SSSR count). The highest BCUT2D eigenvalue weighted by molar-refractivity contribution is 7.98. The highest BCUT2D eigenvalue weighted by atomic mass is 32.2. The van der Waals surface area contributed by atoms with Crippen molar-refractivity contribution in [2.75, 3.05) is 17.3 Å². The number of hydrogen-bond donors (Lipinski definition) is 2. The minimum absolute atomic E-state index is 0.309. The van der Waals surface area contributed by atoms with Gasteiger partial charge in [0.25, 0.3) is 0 Å². The second kappa shape index (κ2) is 6.55. The van der Waals surface area contributed by atoms with E-state index in [4.69, 9.17) is 5.11 Å². The second-order valence-corrected chi connectivity index (χ2v) is 4.92. The molecule has 0 fully saturated rings. The molecule has 0 amide bonds. The van der Waals surface area contributed by atoms with Crippen LogP contribution in [0.2, 0.25) is 0 Å². The molecular weight excluding hydrogens is 234 g/mol. The topological polar surface area (TPSA) is 49.3 Å². The molecule has 0 bridgehead atoms. The van der Waals surface area contributed by atoms with Crippen molar-refractivity contribution in [3.05, 3.63) is 29.3 Å². The Morgan fingerprint density at radius 3 is 2.76 bits per heavy atom. The zero-order chi connectivity index (χ0) is 12.8. The van der Waals surface area contributed by atoms with Crippen molar-refractivity contribution < 1.29 is 9.90 Å². The van der Waals surface area contributed by atoms with E-state index in [2.05, 4.69) is 18.5 Å². The Kier molecular flexibility index (Phi) is 5.35. The van der Waals surface area contributed by atoms with Crippen LogP contribution in [0, 0.1) is 6.92 Å². The average Bonchev–Trinajstić information content (AvgIpc) is 2.30. The molecule has 0 heterocycles. The van der Waals surface area contributed by atoms with Crippen molar-refractivity contribution in [2.24, 2.45) is 0 Å². The van der Waals surface area contributed by atoms with Gasteiger partial charge in [0.1, 0.15) is 0 Å². The van der Waals surface area contributed by atoms with Crippen LogP contribution in [0.5, 0.6) is 0 Å². The summed E-state index contributed by atoms with van der Waals surface area (Å²) in [5.41, 5.74) is 2.08. The van der Waals surface area contributed by atoms with Gasteiger partial charge in [-0.05, 0) is 31.2 Å². The number of carboxylic acid groups (broad SMARTS) is 1. The Morgan fingerprint density at radius 2 is 2.24 bits per heavy atom. The van der Waals surface area contributed by atoms with Crippen LogP contribution < -0.4 is 5.32 Å². The van der Waals surface area contributed by atoms with Gasteiger partial charge in [0.2, 0.25) is 0 Å². The lowest BCUT2D eigenvalue weighted by atomic mass is 10.1. The molecule has 4 heteroatoms. The van der Waals surface area contributed by atoms with Crippen molar-refractivity contribution in [1.82, 2.24) is 0 Å². The fourth-order valence-corrected chi connectivity index (χ4v) is 2.43. The summed E-state index contributed by atoms with van der Waals surface area (Å²) < 4.78 is 0. The molecule has 0 aliphatic heterocycles. The number of nitrogens with one attached hydrogen (secondary N) is 1. The molecule has 1 aromatic rings. The number of thioether (sulfide) groups is 1. The minimum atomic E-state index is -0.879. The summed E-state index contributed by atoms with van der Waals surface area (Å²) in [7, 11) is 0. The highest BCUT2D eigenvalue weighted by Gasteiger charge is 2.14. The van der Waals surface area contributed by atoms with Crippen molar-refractivity contribution in [3.63, 3.8) is 0 Å². The molecule has 0 aliphatic rings. The second-order valence-electron chi connectivity index (χ2n) is 4.01. The summed E-state index contributed by atoms with van der Waals surface area (Å²) in [6.45, 7) is 4.03. The largest absolute Gasteiger partial charge is 0.478 e. The van der Waals surface area contributed by atoms with Crippen LogP contribution in [0.4, 0.5) is 5.69 Å². The number of carboxylic acids is 1. The number of benzene rings is 1. The van der Waals surface area contributed by atoms with E-state index in [1.54, 1.807) is 23.9 Å². The van der Waals surface area contributed by atoms with Gasteiger partial charge in [-0.3, -0.25) is 0 Å². The summed E-state index contributed by atoms with van der Waals surface area (Å²) in [6, 6.07) is 5.66. The van der Waals surface area contributed by atoms with Crippen LogP contribution in [-0.2, 0) is 0 Å². The van der Waals surface area contributed by atoms with Crippen LogP contribution in [-0.4, -0.2) is 29.1 Å². The molecule has 3 nitrogen and oxygen atoms in total. The first-order chi connectivity index (χ1) is 8.10. The van der Waals surface area contributed by atoms with Gasteiger partial charge in [0.05, 0.1) is 11.3 Å². The Morgan fingerprint density at radius 1 is 1.53 bits per heavy atom. The first kappa shape index (κ1) is 13.9. The van der Waals surface area contributed by atoms with E-state index < -0.39 is 5.97 Å². The molecule has 0 radical (unpaired) electrons. The lowest BCUT2D eigenvalue weighted by Gasteiger charge is -2.20. The summed E-state index contributed by atoms with van der Waals surface area (Å²) >= 11 is 1.76. The van der Waals surface area contributed by atoms with E-state index in [1.165, 1.54) is 0 Å². The molecule has 1 aromatic carbocycles. The Labute approximate surface area is 107 Å². The van der Waals surface area contributed by atoms with Gasteiger partial charge in [-0.1, -0.05) is 19.1 Å². The summed E-state index contributed by atoms with van der Waals surface area (Å²) in [6.07, 6.45) is 3.04. The van der Waals surface area contributed by atoms with Gasteiger partial charge in [-0.2, -0.15) is 11.8 Å². The smallest absolute Gasteiger partial charge is 0.337 e. The molecule has 0 aromatic heterocycles. The fourth-order valence-electron chi connectivity index (χ4n) is 1.70. The summed E-state index contributed by atoms with van der Waals surface area (Å²) in [4.78, 5) is 11.2. The Balaban J connectivity index is 2.99. The normalized spacial score (nSPS) is 12.2.